The Bertz CT molecular complexity index is 665. The van der Waals surface area contributed by atoms with Crippen molar-refractivity contribution in [1.29, 1.82) is 5.26 Å². The smallest absolute Gasteiger partial charge is 0.252 e. The van der Waals surface area contributed by atoms with Crippen molar-refractivity contribution in [3.05, 3.63) is 69.7 Å². The van der Waals surface area contributed by atoms with E-state index in [0.717, 1.165) is 5.56 Å². The number of hydrogen-bond acceptors (Lipinski definition) is 2. The average Bonchev–Trinajstić information content (AvgIpc) is 2.48. The van der Waals surface area contributed by atoms with Crippen molar-refractivity contribution < 1.29 is 4.79 Å². The van der Waals surface area contributed by atoms with Crippen molar-refractivity contribution in [1.82, 2.24) is 5.32 Å². The van der Waals surface area contributed by atoms with Crippen LogP contribution in [-0.4, -0.2) is 5.91 Å². The molecule has 0 aliphatic carbocycles. The summed E-state index contributed by atoms with van der Waals surface area (Å²) in [7, 11) is 0. The van der Waals surface area contributed by atoms with Crippen molar-refractivity contribution in [2.75, 3.05) is 0 Å². The summed E-state index contributed by atoms with van der Waals surface area (Å²) in [6, 6.07) is 14.9. The number of carbonyl (C=O) groups excluding carboxylic acids is 1. The predicted molar refractivity (Wildman–Crippen MR) is 78.7 cm³/mol. The van der Waals surface area contributed by atoms with Crippen molar-refractivity contribution in [3.63, 3.8) is 0 Å². The van der Waals surface area contributed by atoms with E-state index >= 15 is 0 Å². The summed E-state index contributed by atoms with van der Waals surface area (Å²) < 4.78 is 0. The normalized spacial score (nSPS) is 11.4. The molecule has 1 unspecified atom stereocenters. The zero-order chi connectivity index (χ0) is 14.5. The molecule has 1 N–H and O–H groups in total. The molecule has 1 amide bonds. The molecule has 0 saturated heterocycles. The fourth-order valence-corrected chi connectivity index (χ4v) is 1.99. The number of hydrogen-bond donors (Lipinski definition) is 1. The molecule has 0 fully saturated rings. The van der Waals surface area contributed by atoms with Gasteiger partial charge in [-0.1, -0.05) is 53.5 Å². The van der Waals surface area contributed by atoms with Gasteiger partial charge in [-0.3, -0.25) is 4.79 Å². The molecule has 0 bridgehead atoms. The molecule has 20 heavy (non-hydrogen) atoms. The Balaban J connectivity index is 2.18. The molecular formula is C15H10Cl2N2O. The van der Waals surface area contributed by atoms with E-state index < -0.39 is 6.04 Å². The van der Waals surface area contributed by atoms with Crippen LogP contribution in [0.2, 0.25) is 10.0 Å². The lowest BCUT2D eigenvalue weighted by atomic mass is 10.1. The zero-order valence-electron chi connectivity index (χ0n) is 10.3. The van der Waals surface area contributed by atoms with Crippen LogP contribution < -0.4 is 5.32 Å². The van der Waals surface area contributed by atoms with E-state index in [1.807, 2.05) is 18.2 Å². The van der Waals surface area contributed by atoms with Crippen molar-refractivity contribution in [2.45, 2.75) is 6.04 Å². The third-order valence-electron chi connectivity index (χ3n) is 2.72. The van der Waals surface area contributed by atoms with Crippen LogP contribution in [0.4, 0.5) is 0 Å². The number of benzene rings is 2. The Morgan fingerprint density at radius 1 is 1.10 bits per heavy atom. The van der Waals surface area contributed by atoms with Crippen molar-refractivity contribution in [2.24, 2.45) is 0 Å². The molecule has 5 heteroatoms. The maximum Gasteiger partial charge on any atom is 0.252 e. The summed E-state index contributed by atoms with van der Waals surface area (Å²) in [5.74, 6) is -0.376. The molecule has 3 nitrogen and oxygen atoms in total. The number of halogens is 2. The van der Waals surface area contributed by atoms with Gasteiger partial charge in [-0.2, -0.15) is 5.26 Å². The third-order valence-corrected chi connectivity index (χ3v) is 3.46. The van der Waals surface area contributed by atoms with Crippen LogP contribution in [0.5, 0.6) is 0 Å². The van der Waals surface area contributed by atoms with E-state index in [2.05, 4.69) is 11.4 Å². The quantitative estimate of drug-likeness (QED) is 0.932. The van der Waals surface area contributed by atoms with Crippen LogP contribution in [0.25, 0.3) is 0 Å². The first-order valence-electron chi connectivity index (χ1n) is 5.82. The Kier molecular flexibility index (Phi) is 4.62. The molecule has 0 aromatic heterocycles. The number of rotatable bonds is 3. The second-order valence-corrected chi connectivity index (χ2v) is 4.89. The van der Waals surface area contributed by atoms with E-state index in [0.29, 0.717) is 15.6 Å². The fraction of sp³-hybridized carbons (Fsp3) is 0.0667. The van der Waals surface area contributed by atoms with Gasteiger partial charge in [-0.05, 0) is 23.8 Å². The standard InChI is InChI=1S/C15H10Cl2N2O/c16-12-7-6-11(8-13(12)17)15(20)19-14(9-18)10-4-2-1-3-5-10/h1-8,14H,(H,19,20). The van der Waals surface area contributed by atoms with Gasteiger partial charge >= 0.3 is 0 Å². The van der Waals surface area contributed by atoms with Gasteiger partial charge in [0.2, 0.25) is 0 Å². The Morgan fingerprint density at radius 2 is 1.80 bits per heavy atom. The van der Waals surface area contributed by atoms with Crippen molar-refractivity contribution >= 4 is 29.1 Å². The third kappa shape index (κ3) is 3.30. The summed E-state index contributed by atoms with van der Waals surface area (Å²) in [6.07, 6.45) is 0. The second kappa shape index (κ2) is 6.42. The number of nitrogens with zero attached hydrogens (tertiary/aromatic N) is 1. The lowest BCUT2D eigenvalue weighted by molar-refractivity contribution is 0.0945. The molecule has 2 aromatic carbocycles. The van der Waals surface area contributed by atoms with Crippen molar-refractivity contribution in [3.8, 4) is 6.07 Å². The van der Waals surface area contributed by atoms with Crippen LogP contribution in [-0.2, 0) is 0 Å². The highest BCUT2D eigenvalue weighted by atomic mass is 35.5. The van der Waals surface area contributed by atoms with Crippen LogP contribution >= 0.6 is 23.2 Å². The van der Waals surface area contributed by atoms with E-state index in [1.165, 1.54) is 6.07 Å². The molecule has 0 saturated carbocycles. The SMILES string of the molecule is N#CC(NC(=O)c1ccc(Cl)c(Cl)c1)c1ccccc1. The van der Waals surface area contributed by atoms with Gasteiger partial charge in [-0.15, -0.1) is 0 Å². The van der Waals surface area contributed by atoms with Crippen LogP contribution in [0.1, 0.15) is 22.0 Å². The molecule has 2 rings (SSSR count). The highest BCUT2D eigenvalue weighted by Gasteiger charge is 2.15. The van der Waals surface area contributed by atoms with E-state index in [4.69, 9.17) is 28.5 Å². The molecule has 0 heterocycles. The minimum absolute atomic E-state index is 0.299. The van der Waals surface area contributed by atoms with Gasteiger partial charge in [0.25, 0.3) is 5.91 Å². The van der Waals surface area contributed by atoms with Gasteiger partial charge in [-0.25, -0.2) is 0 Å². The van der Waals surface area contributed by atoms with Gasteiger partial charge < -0.3 is 5.32 Å². The topological polar surface area (TPSA) is 52.9 Å². The van der Waals surface area contributed by atoms with Gasteiger partial charge in [0, 0.05) is 5.56 Å². The maximum absolute atomic E-state index is 12.1. The average molecular weight is 305 g/mol. The first-order valence-corrected chi connectivity index (χ1v) is 6.58. The van der Waals surface area contributed by atoms with E-state index in [9.17, 15) is 4.79 Å². The number of amides is 1. The van der Waals surface area contributed by atoms with Crippen LogP contribution in [0, 0.1) is 11.3 Å². The van der Waals surface area contributed by atoms with Gasteiger partial charge in [0.05, 0.1) is 16.1 Å². The van der Waals surface area contributed by atoms with E-state index in [1.54, 1.807) is 24.3 Å². The number of nitriles is 1. The summed E-state index contributed by atoms with van der Waals surface area (Å²) in [5, 5.41) is 12.5. The number of nitrogens with one attached hydrogen (secondary N) is 1. The largest absolute Gasteiger partial charge is 0.332 e. The van der Waals surface area contributed by atoms with Crippen LogP contribution in [0.3, 0.4) is 0 Å². The molecule has 1 atom stereocenters. The minimum Gasteiger partial charge on any atom is -0.332 e. The Morgan fingerprint density at radius 3 is 2.40 bits per heavy atom. The summed E-state index contributed by atoms with van der Waals surface area (Å²) >= 11 is 11.7. The monoisotopic (exact) mass is 304 g/mol. The lowest BCUT2D eigenvalue weighted by Gasteiger charge is -2.12. The highest BCUT2D eigenvalue weighted by Crippen LogP contribution is 2.23. The van der Waals surface area contributed by atoms with Gasteiger partial charge in [0.1, 0.15) is 6.04 Å². The molecule has 0 spiro atoms. The molecule has 100 valence electrons. The molecule has 0 radical (unpaired) electrons. The van der Waals surface area contributed by atoms with E-state index in [-0.39, 0.29) is 5.91 Å². The second-order valence-electron chi connectivity index (χ2n) is 4.08. The first-order chi connectivity index (χ1) is 9.61. The van der Waals surface area contributed by atoms with Crippen LogP contribution in [0.15, 0.2) is 48.5 Å². The summed E-state index contributed by atoms with van der Waals surface area (Å²) in [6.45, 7) is 0. The Labute approximate surface area is 126 Å². The predicted octanol–water partition coefficient (Wildman–Crippen LogP) is 3.99. The minimum atomic E-state index is -0.710. The summed E-state index contributed by atoms with van der Waals surface area (Å²) in [4.78, 5) is 12.1. The number of carbonyl (C=O) groups is 1. The zero-order valence-corrected chi connectivity index (χ0v) is 11.8. The lowest BCUT2D eigenvalue weighted by Crippen LogP contribution is -2.27. The Hall–Kier alpha value is -2.02. The first kappa shape index (κ1) is 14.4. The van der Waals surface area contributed by atoms with Gasteiger partial charge in [0.15, 0.2) is 0 Å². The summed E-state index contributed by atoms with van der Waals surface area (Å²) in [5.41, 5.74) is 1.08. The molecule has 0 aliphatic rings. The molecule has 0 aliphatic heterocycles. The fourth-order valence-electron chi connectivity index (χ4n) is 1.69. The molecular weight excluding hydrogens is 295 g/mol. The maximum atomic E-state index is 12.1. The highest BCUT2D eigenvalue weighted by molar-refractivity contribution is 6.42. The molecule has 2 aromatic rings.